The van der Waals surface area contributed by atoms with Gasteiger partial charge in [0, 0.05) is 6.04 Å². The van der Waals surface area contributed by atoms with Crippen molar-refractivity contribution in [3.63, 3.8) is 0 Å². The predicted octanol–water partition coefficient (Wildman–Crippen LogP) is 3.67. The van der Waals surface area contributed by atoms with E-state index in [0.29, 0.717) is 0 Å². The molecule has 0 aromatic rings. The van der Waals surface area contributed by atoms with Gasteiger partial charge in [-0.2, -0.15) is 0 Å². The minimum absolute atomic E-state index is 0.827. The van der Waals surface area contributed by atoms with Crippen LogP contribution in [-0.4, -0.2) is 37.6 Å². The molecule has 0 radical (unpaired) electrons. The van der Waals surface area contributed by atoms with Crippen molar-refractivity contribution in [2.24, 2.45) is 11.8 Å². The Morgan fingerprint density at radius 3 is 2.63 bits per heavy atom. The predicted molar refractivity (Wildman–Crippen MR) is 83.5 cm³/mol. The van der Waals surface area contributed by atoms with Gasteiger partial charge in [-0.15, -0.1) is 0 Å². The number of nitrogens with zero attached hydrogens (tertiary/aromatic N) is 1. The zero-order valence-electron chi connectivity index (χ0n) is 13.2. The van der Waals surface area contributed by atoms with E-state index in [1.807, 2.05) is 0 Å². The third kappa shape index (κ3) is 5.07. The minimum atomic E-state index is 0.827. The SMILES string of the molecule is CC1CCCCNCC(C2CCCCCCN2C)C1. The van der Waals surface area contributed by atoms with Crippen LogP contribution in [0.15, 0.2) is 0 Å². The number of nitrogens with one attached hydrogen (secondary N) is 1. The minimum Gasteiger partial charge on any atom is -0.316 e. The molecule has 19 heavy (non-hydrogen) atoms. The molecule has 0 aromatic heterocycles. The van der Waals surface area contributed by atoms with Gasteiger partial charge in [0.15, 0.2) is 0 Å². The van der Waals surface area contributed by atoms with Crippen molar-refractivity contribution in [1.82, 2.24) is 10.2 Å². The van der Waals surface area contributed by atoms with E-state index in [9.17, 15) is 0 Å². The summed E-state index contributed by atoms with van der Waals surface area (Å²) in [6.07, 6.45) is 12.8. The normalized spacial score (nSPS) is 36.6. The average Bonchev–Trinajstić information content (AvgIpc) is 2.46. The van der Waals surface area contributed by atoms with E-state index in [2.05, 4.69) is 24.2 Å². The van der Waals surface area contributed by atoms with Crippen molar-refractivity contribution in [2.45, 2.75) is 70.8 Å². The molecule has 2 aliphatic heterocycles. The van der Waals surface area contributed by atoms with Gasteiger partial charge in [-0.05, 0) is 64.2 Å². The fourth-order valence-electron chi connectivity index (χ4n) is 4.09. The third-order valence-electron chi connectivity index (χ3n) is 5.28. The van der Waals surface area contributed by atoms with E-state index < -0.39 is 0 Å². The van der Waals surface area contributed by atoms with Crippen molar-refractivity contribution in [2.75, 3.05) is 26.7 Å². The first-order valence-corrected chi connectivity index (χ1v) is 8.68. The van der Waals surface area contributed by atoms with E-state index in [-0.39, 0.29) is 0 Å². The fourth-order valence-corrected chi connectivity index (χ4v) is 4.09. The molecule has 112 valence electrons. The molecule has 0 saturated carbocycles. The van der Waals surface area contributed by atoms with Gasteiger partial charge in [-0.25, -0.2) is 0 Å². The highest BCUT2D eigenvalue weighted by atomic mass is 15.1. The first-order chi connectivity index (χ1) is 9.27. The van der Waals surface area contributed by atoms with Crippen LogP contribution >= 0.6 is 0 Å². The van der Waals surface area contributed by atoms with Gasteiger partial charge in [0.1, 0.15) is 0 Å². The van der Waals surface area contributed by atoms with Crippen LogP contribution in [0.1, 0.15) is 64.7 Å². The van der Waals surface area contributed by atoms with E-state index in [4.69, 9.17) is 0 Å². The Bertz CT molecular complexity index is 241. The molecule has 2 heteroatoms. The van der Waals surface area contributed by atoms with Crippen LogP contribution in [0.25, 0.3) is 0 Å². The standard InChI is InChI=1S/C17H34N2/c1-15-9-6-7-11-18-14-16(13-15)17-10-5-3-4-8-12-19(17)2/h15-18H,3-14H2,1-2H3. The highest BCUT2D eigenvalue weighted by Gasteiger charge is 2.27. The lowest BCUT2D eigenvalue weighted by Gasteiger charge is -2.37. The number of likely N-dealkylation sites (tertiary alicyclic amines) is 1. The molecule has 2 rings (SSSR count). The summed E-state index contributed by atoms with van der Waals surface area (Å²) in [7, 11) is 2.37. The molecule has 3 atom stereocenters. The first kappa shape index (κ1) is 15.3. The van der Waals surface area contributed by atoms with Crippen LogP contribution in [0, 0.1) is 11.8 Å². The molecule has 0 spiro atoms. The largest absolute Gasteiger partial charge is 0.316 e. The van der Waals surface area contributed by atoms with Crippen molar-refractivity contribution in [1.29, 1.82) is 0 Å². The van der Waals surface area contributed by atoms with Gasteiger partial charge in [-0.3, -0.25) is 0 Å². The van der Waals surface area contributed by atoms with Crippen LogP contribution in [0.3, 0.4) is 0 Å². The molecular formula is C17H34N2. The topological polar surface area (TPSA) is 15.3 Å². The van der Waals surface area contributed by atoms with Crippen LogP contribution in [0.5, 0.6) is 0 Å². The molecule has 2 saturated heterocycles. The monoisotopic (exact) mass is 266 g/mol. The summed E-state index contributed by atoms with van der Waals surface area (Å²) < 4.78 is 0. The summed E-state index contributed by atoms with van der Waals surface area (Å²) in [5.74, 6) is 1.79. The average molecular weight is 266 g/mol. The first-order valence-electron chi connectivity index (χ1n) is 8.68. The zero-order chi connectivity index (χ0) is 13.5. The Morgan fingerprint density at radius 1 is 0.947 bits per heavy atom. The highest BCUT2D eigenvalue weighted by Crippen LogP contribution is 2.28. The Balaban J connectivity index is 1.96. The van der Waals surface area contributed by atoms with Crippen molar-refractivity contribution in [3.05, 3.63) is 0 Å². The summed E-state index contributed by atoms with van der Waals surface area (Å²) in [6.45, 7) is 6.27. The molecule has 2 heterocycles. The van der Waals surface area contributed by atoms with E-state index in [1.54, 1.807) is 0 Å². The molecule has 2 nitrogen and oxygen atoms in total. The van der Waals surface area contributed by atoms with Crippen LogP contribution < -0.4 is 5.32 Å². The molecule has 2 fully saturated rings. The van der Waals surface area contributed by atoms with Gasteiger partial charge in [0.25, 0.3) is 0 Å². The van der Waals surface area contributed by atoms with E-state index in [0.717, 1.165) is 17.9 Å². The Labute approximate surface area is 120 Å². The molecule has 0 bridgehead atoms. The van der Waals surface area contributed by atoms with Gasteiger partial charge < -0.3 is 10.2 Å². The van der Waals surface area contributed by atoms with E-state index in [1.165, 1.54) is 77.4 Å². The maximum absolute atomic E-state index is 3.73. The summed E-state index contributed by atoms with van der Waals surface area (Å²) in [5, 5.41) is 3.73. The lowest BCUT2D eigenvalue weighted by molar-refractivity contribution is 0.131. The van der Waals surface area contributed by atoms with Gasteiger partial charge in [-0.1, -0.05) is 39.0 Å². The molecule has 0 amide bonds. The lowest BCUT2D eigenvalue weighted by atomic mass is 9.84. The second-order valence-corrected chi connectivity index (χ2v) is 7.05. The number of hydrogen-bond acceptors (Lipinski definition) is 2. The number of rotatable bonds is 1. The maximum atomic E-state index is 3.73. The quantitative estimate of drug-likeness (QED) is 0.779. The van der Waals surface area contributed by atoms with Gasteiger partial charge in [0.2, 0.25) is 0 Å². The molecule has 0 aliphatic carbocycles. The molecule has 2 aliphatic rings. The summed E-state index contributed by atoms with van der Waals surface area (Å²) in [4.78, 5) is 2.68. The molecule has 1 N–H and O–H groups in total. The van der Waals surface area contributed by atoms with Crippen LogP contribution in [0.2, 0.25) is 0 Å². The Hall–Kier alpha value is -0.0800. The fraction of sp³-hybridized carbons (Fsp3) is 1.00. The van der Waals surface area contributed by atoms with Crippen molar-refractivity contribution in [3.8, 4) is 0 Å². The van der Waals surface area contributed by atoms with Gasteiger partial charge in [0.05, 0.1) is 0 Å². The van der Waals surface area contributed by atoms with Gasteiger partial charge >= 0.3 is 0 Å². The Morgan fingerprint density at radius 2 is 1.74 bits per heavy atom. The maximum Gasteiger partial charge on any atom is 0.0133 e. The lowest BCUT2D eigenvalue weighted by Crippen LogP contribution is -2.43. The van der Waals surface area contributed by atoms with Crippen molar-refractivity contribution >= 4 is 0 Å². The van der Waals surface area contributed by atoms with Crippen molar-refractivity contribution < 1.29 is 0 Å². The smallest absolute Gasteiger partial charge is 0.0133 e. The molecule has 0 aromatic carbocycles. The number of hydrogen-bond donors (Lipinski definition) is 1. The summed E-state index contributed by atoms with van der Waals surface area (Å²) in [5.41, 5.74) is 0. The molecule has 3 unspecified atom stereocenters. The third-order valence-corrected chi connectivity index (χ3v) is 5.28. The van der Waals surface area contributed by atoms with E-state index >= 15 is 0 Å². The molecular weight excluding hydrogens is 232 g/mol. The zero-order valence-corrected chi connectivity index (χ0v) is 13.2. The second kappa shape index (κ2) is 8.26. The Kier molecular flexibility index (Phi) is 6.66. The van der Waals surface area contributed by atoms with Crippen LogP contribution in [-0.2, 0) is 0 Å². The second-order valence-electron chi connectivity index (χ2n) is 7.05. The van der Waals surface area contributed by atoms with Crippen LogP contribution in [0.4, 0.5) is 0 Å². The summed E-state index contributed by atoms with van der Waals surface area (Å²) in [6, 6.07) is 0.827. The summed E-state index contributed by atoms with van der Waals surface area (Å²) >= 11 is 0. The highest BCUT2D eigenvalue weighted by molar-refractivity contribution is 4.83.